The van der Waals surface area contributed by atoms with Crippen molar-refractivity contribution in [3.63, 3.8) is 0 Å². The summed E-state index contributed by atoms with van der Waals surface area (Å²) in [7, 11) is 0. The molecule has 0 radical (unpaired) electrons. The fourth-order valence-corrected chi connectivity index (χ4v) is 2.95. The predicted octanol–water partition coefficient (Wildman–Crippen LogP) is 3.26. The molecule has 3 aromatic rings. The summed E-state index contributed by atoms with van der Waals surface area (Å²) >= 11 is 0. The first-order valence-corrected chi connectivity index (χ1v) is 6.77. The van der Waals surface area contributed by atoms with Crippen LogP contribution in [-0.4, -0.2) is 16.7 Å². The lowest BCUT2D eigenvalue weighted by Crippen LogP contribution is -2.20. The number of rotatable bonds is 2. The number of H-pyrrole nitrogens is 1. The summed E-state index contributed by atoms with van der Waals surface area (Å²) in [6, 6.07) is 13.4. The van der Waals surface area contributed by atoms with Gasteiger partial charge in [-0.1, -0.05) is 24.3 Å². The number of aromatic nitrogens is 2. The third-order valence-electron chi connectivity index (χ3n) is 3.96. The maximum Gasteiger partial charge on any atom is 0.128 e. The largest absolute Gasteiger partial charge is 0.365 e. The third-order valence-corrected chi connectivity index (χ3v) is 3.96. The second-order valence-corrected chi connectivity index (χ2v) is 5.13. The number of nitrogens with one attached hydrogen (secondary N) is 1. The van der Waals surface area contributed by atoms with Crippen LogP contribution in [0.3, 0.4) is 0 Å². The molecule has 3 nitrogen and oxygen atoms in total. The SMILES string of the molecule is Fc1cccc2c1CCN2Cc1[nH]nc2ccccc12. The van der Waals surface area contributed by atoms with E-state index in [9.17, 15) is 4.39 Å². The summed E-state index contributed by atoms with van der Waals surface area (Å²) in [6.07, 6.45) is 0.772. The lowest BCUT2D eigenvalue weighted by molar-refractivity contribution is 0.615. The maximum atomic E-state index is 13.7. The van der Waals surface area contributed by atoms with Gasteiger partial charge in [0.15, 0.2) is 0 Å². The first kappa shape index (κ1) is 11.5. The molecule has 20 heavy (non-hydrogen) atoms. The summed E-state index contributed by atoms with van der Waals surface area (Å²) < 4.78 is 13.7. The molecule has 0 saturated heterocycles. The first-order chi connectivity index (χ1) is 9.83. The van der Waals surface area contributed by atoms with Crippen LogP contribution in [0.4, 0.5) is 10.1 Å². The van der Waals surface area contributed by atoms with Gasteiger partial charge >= 0.3 is 0 Å². The van der Waals surface area contributed by atoms with E-state index in [2.05, 4.69) is 21.2 Å². The molecule has 0 atom stereocenters. The minimum absolute atomic E-state index is 0.0977. The smallest absolute Gasteiger partial charge is 0.128 e. The second kappa shape index (κ2) is 4.34. The number of para-hydroxylation sites is 1. The van der Waals surface area contributed by atoms with Crippen LogP contribution in [0, 0.1) is 5.82 Å². The van der Waals surface area contributed by atoms with E-state index >= 15 is 0 Å². The molecule has 1 aliphatic heterocycles. The Labute approximate surface area is 116 Å². The van der Waals surface area contributed by atoms with Crippen LogP contribution in [-0.2, 0) is 13.0 Å². The summed E-state index contributed by atoms with van der Waals surface area (Å²) in [6.45, 7) is 1.58. The van der Waals surface area contributed by atoms with E-state index in [0.717, 1.165) is 47.4 Å². The number of hydrogen-bond acceptors (Lipinski definition) is 2. The van der Waals surface area contributed by atoms with Crippen LogP contribution in [0.25, 0.3) is 10.9 Å². The molecular weight excluding hydrogens is 253 g/mol. The highest BCUT2D eigenvalue weighted by atomic mass is 19.1. The van der Waals surface area contributed by atoms with Gasteiger partial charge in [0.25, 0.3) is 0 Å². The van der Waals surface area contributed by atoms with Crippen molar-refractivity contribution in [1.82, 2.24) is 10.2 Å². The zero-order chi connectivity index (χ0) is 13.5. The van der Waals surface area contributed by atoms with Crippen molar-refractivity contribution in [2.75, 3.05) is 11.4 Å². The lowest BCUT2D eigenvalue weighted by atomic mass is 10.1. The monoisotopic (exact) mass is 267 g/mol. The van der Waals surface area contributed by atoms with Crippen LogP contribution in [0.2, 0.25) is 0 Å². The third kappa shape index (κ3) is 1.68. The zero-order valence-corrected chi connectivity index (χ0v) is 10.9. The van der Waals surface area contributed by atoms with E-state index in [1.165, 1.54) is 6.07 Å². The molecule has 0 spiro atoms. The van der Waals surface area contributed by atoms with Gasteiger partial charge in [-0.25, -0.2) is 4.39 Å². The van der Waals surface area contributed by atoms with E-state index in [0.29, 0.717) is 0 Å². The van der Waals surface area contributed by atoms with Crippen LogP contribution < -0.4 is 4.90 Å². The molecule has 0 bridgehead atoms. The second-order valence-electron chi connectivity index (χ2n) is 5.13. The van der Waals surface area contributed by atoms with Crippen LogP contribution >= 0.6 is 0 Å². The molecule has 1 N–H and O–H groups in total. The number of benzene rings is 2. The van der Waals surface area contributed by atoms with Gasteiger partial charge in [0.05, 0.1) is 17.8 Å². The lowest BCUT2D eigenvalue weighted by Gasteiger charge is -2.18. The number of anilines is 1. The minimum Gasteiger partial charge on any atom is -0.365 e. The Morgan fingerprint density at radius 1 is 1.15 bits per heavy atom. The molecule has 0 fully saturated rings. The van der Waals surface area contributed by atoms with E-state index in [-0.39, 0.29) is 5.82 Å². The maximum absolute atomic E-state index is 13.7. The number of hydrogen-bond donors (Lipinski definition) is 1. The molecule has 4 rings (SSSR count). The van der Waals surface area contributed by atoms with Crippen molar-refractivity contribution >= 4 is 16.6 Å². The summed E-state index contributed by atoms with van der Waals surface area (Å²) in [5.41, 5.74) is 3.89. The molecular formula is C16H14FN3. The molecule has 0 unspecified atom stereocenters. The molecule has 0 saturated carbocycles. The highest BCUT2D eigenvalue weighted by Crippen LogP contribution is 2.31. The molecule has 0 amide bonds. The average Bonchev–Trinajstić information content (AvgIpc) is 3.06. The fraction of sp³-hybridized carbons (Fsp3) is 0.188. The molecule has 100 valence electrons. The first-order valence-electron chi connectivity index (χ1n) is 6.77. The molecule has 1 aliphatic rings. The van der Waals surface area contributed by atoms with Gasteiger partial charge in [0.1, 0.15) is 5.82 Å². The Morgan fingerprint density at radius 3 is 3.00 bits per heavy atom. The Bertz CT molecular complexity index is 778. The Balaban J connectivity index is 1.70. The Morgan fingerprint density at radius 2 is 2.05 bits per heavy atom. The number of fused-ring (bicyclic) bond motifs is 2. The number of nitrogens with zero attached hydrogens (tertiary/aromatic N) is 2. The van der Waals surface area contributed by atoms with Gasteiger partial charge in [0.2, 0.25) is 0 Å². The van der Waals surface area contributed by atoms with Gasteiger partial charge in [-0.15, -0.1) is 0 Å². The Kier molecular flexibility index (Phi) is 2.49. The van der Waals surface area contributed by atoms with Crippen molar-refractivity contribution in [1.29, 1.82) is 0 Å². The van der Waals surface area contributed by atoms with Crippen molar-refractivity contribution in [2.24, 2.45) is 0 Å². The summed E-state index contributed by atoms with van der Waals surface area (Å²) in [5, 5.41) is 8.55. The predicted molar refractivity (Wildman–Crippen MR) is 77.2 cm³/mol. The number of halogens is 1. The van der Waals surface area contributed by atoms with Gasteiger partial charge in [-0.3, -0.25) is 5.10 Å². The fourth-order valence-electron chi connectivity index (χ4n) is 2.95. The van der Waals surface area contributed by atoms with Crippen LogP contribution in [0.5, 0.6) is 0 Å². The molecule has 2 heterocycles. The van der Waals surface area contributed by atoms with Crippen molar-refractivity contribution in [2.45, 2.75) is 13.0 Å². The normalized spacial score (nSPS) is 13.9. The average molecular weight is 267 g/mol. The van der Waals surface area contributed by atoms with Gasteiger partial charge in [0, 0.05) is 23.2 Å². The van der Waals surface area contributed by atoms with E-state index < -0.39 is 0 Å². The van der Waals surface area contributed by atoms with Crippen molar-refractivity contribution in [3.05, 3.63) is 59.5 Å². The Hall–Kier alpha value is -2.36. The highest BCUT2D eigenvalue weighted by molar-refractivity contribution is 5.81. The highest BCUT2D eigenvalue weighted by Gasteiger charge is 2.22. The van der Waals surface area contributed by atoms with Crippen molar-refractivity contribution < 1.29 is 4.39 Å². The quantitative estimate of drug-likeness (QED) is 0.772. The van der Waals surface area contributed by atoms with Gasteiger partial charge < -0.3 is 4.90 Å². The molecule has 0 aliphatic carbocycles. The molecule has 2 aromatic carbocycles. The van der Waals surface area contributed by atoms with E-state index in [1.807, 2.05) is 24.3 Å². The summed E-state index contributed by atoms with van der Waals surface area (Å²) in [5.74, 6) is -0.0977. The summed E-state index contributed by atoms with van der Waals surface area (Å²) in [4.78, 5) is 2.21. The topological polar surface area (TPSA) is 31.9 Å². The van der Waals surface area contributed by atoms with Gasteiger partial charge in [-0.05, 0) is 24.6 Å². The van der Waals surface area contributed by atoms with Gasteiger partial charge in [-0.2, -0.15) is 5.10 Å². The van der Waals surface area contributed by atoms with E-state index in [4.69, 9.17) is 0 Å². The standard InChI is InChI=1S/C16H14FN3/c17-13-5-3-7-16-11(13)8-9-20(16)10-15-12-4-1-2-6-14(12)18-19-15/h1-7H,8-10H2,(H,18,19). The minimum atomic E-state index is -0.0977. The zero-order valence-electron chi connectivity index (χ0n) is 10.9. The van der Waals surface area contributed by atoms with Crippen LogP contribution in [0.1, 0.15) is 11.3 Å². The van der Waals surface area contributed by atoms with Crippen molar-refractivity contribution in [3.8, 4) is 0 Å². The van der Waals surface area contributed by atoms with Crippen LogP contribution in [0.15, 0.2) is 42.5 Å². The van der Waals surface area contributed by atoms with E-state index in [1.54, 1.807) is 6.07 Å². The molecule has 4 heteroatoms. The number of aromatic amines is 1. The molecule has 1 aromatic heterocycles.